The Morgan fingerprint density at radius 2 is 2.23 bits per heavy atom. The van der Waals surface area contributed by atoms with E-state index in [0.29, 0.717) is 18.4 Å². The number of hydrogen-bond donors (Lipinski definition) is 0. The minimum Gasteiger partial charge on any atom is -0.493 e. The largest absolute Gasteiger partial charge is 0.493 e. The monoisotopic (exact) mass is 371 g/mol. The van der Waals surface area contributed by atoms with E-state index in [1.165, 1.54) is 37.4 Å². The third kappa shape index (κ3) is 3.52. The lowest BCUT2D eigenvalue weighted by Crippen LogP contribution is -2.19. The topological polar surface area (TPSA) is 57.0 Å². The minimum atomic E-state index is 0.133. The van der Waals surface area contributed by atoms with Crippen LogP contribution in [0.4, 0.5) is 0 Å². The number of ketones is 1. The van der Waals surface area contributed by atoms with Crippen molar-refractivity contribution in [1.82, 2.24) is 14.8 Å². The molecule has 26 heavy (non-hydrogen) atoms. The fourth-order valence-electron chi connectivity index (χ4n) is 4.08. The summed E-state index contributed by atoms with van der Waals surface area (Å²) in [7, 11) is 0. The lowest BCUT2D eigenvalue weighted by Gasteiger charge is -2.29. The Labute approximate surface area is 158 Å². The summed E-state index contributed by atoms with van der Waals surface area (Å²) in [5.74, 6) is 3.13. The van der Waals surface area contributed by atoms with E-state index >= 15 is 0 Å². The SMILES string of the molecule is Cc1nnc(SCC(=O)c2ccc3c(c2)CCO3)n1[C@@H]1CCC[C@@H](C)C1. The summed E-state index contributed by atoms with van der Waals surface area (Å²) in [4.78, 5) is 12.6. The van der Waals surface area contributed by atoms with Crippen molar-refractivity contribution in [2.24, 2.45) is 5.92 Å². The van der Waals surface area contributed by atoms with Crippen molar-refractivity contribution in [1.29, 1.82) is 0 Å². The predicted molar refractivity (Wildman–Crippen MR) is 102 cm³/mol. The first-order chi connectivity index (χ1) is 12.6. The highest BCUT2D eigenvalue weighted by atomic mass is 32.2. The second-order valence-corrected chi connectivity index (χ2v) is 8.40. The van der Waals surface area contributed by atoms with Crippen LogP contribution in [0, 0.1) is 12.8 Å². The van der Waals surface area contributed by atoms with Crippen LogP contribution in [0.1, 0.15) is 60.4 Å². The molecule has 2 aliphatic rings. The van der Waals surface area contributed by atoms with Gasteiger partial charge in [0.05, 0.1) is 12.4 Å². The van der Waals surface area contributed by atoms with Crippen molar-refractivity contribution < 1.29 is 9.53 Å². The van der Waals surface area contributed by atoms with Crippen LogP contribution in [0.5, 0.6) is 5.75 Å². The van der Waals surface area contributed by atoms with Crippen LogP contribution in [0.25, 0.3) is 0 Å². The number of nitrogens with zero attached hydrogens (tertiary/aromatic N) is 3. The second kappa shape index (κ2) is 7.43. The van der Waals surface area contributed by atoms with E-state index in [2.05, 4.69) is 21.7 Å². The number of fused-ring (bicyclic) bond motifs is 1. The molecule has 5 nitrogen and oxygen atoms in total. The summed E-state index contributed by atoms with van der Waals surface area (Å²) >= 11 is 1.51. The van der Waals surface area contributed by atoms with E-state index in [4.69, 9.17) is 4.74 Å². The van der Waals surface area contributed by atoms with Crippen LogP contribution in [-0.2, 0) is 6.42 Å². The molecule has 1 aromatic carbocycles. The van der Waals surface area contributed by atoms with Gasteiger partial charge in [0.1, 0.15) is 11.6 Å². The molecular weight excluding hydrogens is 346 g/mol. The van der Waals surface area contributed by atoms with Crippen molar-refractivity contribution in [3.05, 3.63) is 35.2 Å². The number of ether oxygens (including phenoxy) is 1. The maximum Gasteiger partial charge on any atom is 0.191 e. The zero-order valence-electron chi connectivity index (χ0n) is 15.4. The summed E-state index contributed by atoms with van der Waals surface area (Å²) in [6.07, 6.45) is 5.79. The maximum atomic E-state index is 12.6. The molecular formula is C20H25N3O2S. The van der Waals surface area contributed by atoms with Crippen molar-refractivity contribution in [2.45, 2.75) is 57.1 Å². The lowest BCUT2D eigenvalue weighted by atomic mass is 9.87. The first kappa shape index (κ1) is 17.6. The number of rotatable bonds is 5. The molecule has 0 amide bonds. The normalized spacial score (nSPS) is 22.1. The van der Waals surface area contributed by atoms with Gasteiger partial charge in [-0.1, -0.05) is 31.5 Å². The standard InChI is InChI=1S/C20H25N3O2S/c1-13-4-3-5-17(10-13)23-14(2)21-22-20(23)26-12-18(24)15-6-7-19-16(11-15)8-9-25-19/h6-7,11,13,17H,3-5,8-10,12H2,1-2H3/t13-,17-/m1/s1. The fourth-order valence-corrected chi connectivity index (χ4v) is 5.02. The molecule has 4 rings (SSSR count). The highest BCUT2D eigenvalue weighted by Gasteiger charge is 2.25. The van der Waals surface area contributed by atoms with E-state index < -0.39 is 0 Å². The number of carbonyl (C=O) groups excluding carboxylic acids is 1. The van der Waals surface area contributed by atoms with Crippen LogP contribution in [-0.4, -0.2) is 32.9 Å². The van der Waals surface area contributed by atoms with Gasteiger partial charge < -0.3 is 9.30 Å². The number of benzene rings is 1. The van der Waals surface area contributed by atoms with Gasteiger partial charge in [0.15, 0.2) is 10.9 Å². The highest BCUT2D eigenvalue weighted by molar-refractivity contribution is 7.99. The molecule has 1 aliphatic carbocycles. The van der Waals surface area contributed by atoms with E-state index in [9.17, 15) is 4.79 Å². The van der Waals surface area contributed by atoms with Gasteiger partial charge in [0, 0.05) is 18.0 Å². The van der Waals surface area contributed by atoms with Gasteiger partial charge in [-0.2, -0.15) is 0 Å². The van der Waals surface area contributed by atoms with Gasteiger partial charge in [0.2, 0.25) is 0 Å². The van der Waals surface area contributed by atoms with Crippen LogP contribution in [0.2, 0.25) is 0 Å². The molecule has 0 spiro atoms. The third-order valence-electron chi connectivity index (χ3n) is 5.45. The minimum absolute atomic E-state index is 0.133. The molecule has 0 radical (unpaired) electrons. The van der Waals surface area contributed by atoms with E-state index in [1.54, 1.807) is 0 Å². The summed E-state index contributed by atoms with van der Waals surface area (Å²) in [6.45, 7) is 5.04. The second-order valence-electron chi connectivity index (χ2n) is 7.46. The quantitative estimate of drug-likeness (QED) is 0.581. The Bertz CT molecular complexity index is 817. The number of Topliss-reactive ketones (excluding diaryl/α,β-unsaturated/α-hetero) is 1. The number of thioether (sulfide) groups is 1. The Balaban J connectivity index is 1.45. The molecule has 1 saturated carbocycles. The highest BCUT2D eigenvalue weighted by Crippen LogP contribution is 2.35. The molecule has 0 N–H and O–H groups in total. The molecule has 2 atom stereocenters. The van der Waals surface area contributed by atoms with Gasteiger partial charge in [-0.15, -0.1) is 10.2 Å². The Morgan fingerprint density at radius 3 is 3.08 bits per heavy atom. The average Bonchev–Trinajstić information content (AvgIpc) is 3.25. The van der Waals surface area contributed by atoms with Crippen molar-refractivity contribution in [2.75, 3.05) is 12.4 Å². The molecule has 0 unspecified atom stereocenters. The zero-order chi connectivity index (χ0) is 18.1. The zero-order valence-corrected chi connectivity index (χ0v) is 16.2. The molecule has 0 saturated heterocycles. The first-order valence-electron chi connectivity index (χ1n) is 9.45. The van der Waals surface area contributed by atoms with E-state index in [0.717, 1.165) is 40.2 Å². The molecule has 6 heteroatoms. The smallest absolute Gasteiger partial charge is 0.191 e. The van der Waals surface area contributed by atoms with Gasteiger partial charge in [-0.25, -0.2) is 0 Å². The summed E-state index contributed by atoms with van der Waals surface area (Å²) < 4.78 is 7.77. The summed E-state index contributed by atoms with van der Waals surface area (Å²) in [5.41, 5.74) is 1.90. The first-order valence-corrected chi connectivity index (χ1v) is 10.4. The third-order valence-corrected chi connectivity index (χ3v) is 6.40. The van der Waals surface area contributed by atoms with Crippen LogP contribution < -0.4 is 4.74 Å². The number of aryl methyl sites for hydroxylation is 1. The van der Waals surface area contributed by atoms with Crippen molar-refractivity contribution >= 4 is 17.5 Å². The van der Waals surface area contributed by atoms with Gasteiger partial charge in [-0.05, 0) is 49.4 Å². The molecule has 0 bridgehead atoms. The Kier molecular flexibility index (Phi) is 5.02. The summed E-state index contributed by atoms with van der Waals surface area (Å²) in [5, 5.41) is 9.50. The summed E-state index contributed by atoms with van der Waals surface area (Å²) in [6, 6.07) is 6.22. The van der Waals surface area contributed by atoms with Crippen LogP contribution in [0.3, 0.4) is 0 Å². The van der Waals surface area contributed by atoms with Crippen LogP contribution >= 0.6 is 11.8 Å². The van der Waals surface area contributed by atoms with E-state index in [1.807, 2.05) is 25.1 Å². The Hall–Kier alpha value is -1.82. The maximum absolute atomic E-state index is 12.6. The van der Waals surface area contributed by atoms with Gasteiger partial charge >= 0.3 is 0 Å². The number of carbonyl (C=O) groups is 1. The van der Waals surface area contributed by atoms with E-state index in [-0.39, 0.29) is 5.78 Å². The Morgan fingerprint density at radius 1 is 1.35 bits per heavy atom. The lowest BCUT2D eigenvalue weighted by molar-refractivity contribution is 0.102. The van der Waals surface area contributed by atoms with Gasteiger partial charge in [0.25, 0.3) is 0 Å². The molecule has 138 valence electrons. The predicted octanol–water partition coefficient (Wildman–Crippen LogP) is 4.25. The number of aromatic nitrogens is 3. The molecule has 1 aromatic heterocycles. The molecule has 1 aliphatic heterocycles. The van der Waals surface area contributed by atoms with Gasteiger partial charge in [-0.3, -0.25) is 4.79 Å². The fraction of sp³-hybridized carbons (Fsp3) is 0.550. The number of hydrogen-bond acceptors (Lipinski definition) is 5. The molecule has 1 fully saturated rings. The molecule has 2 heterocycles. The van der Waals surface area contributed by atoms with Crippen LogP contribution in [0.15, 0.2) is 23.4 Å². The van der Waals surface area contributed by atoms with Crippen molar-refractivity contribution in [3.63, 3.8) is 0 Å². The van der Waals surface area contributed by atoms with Crippen molar-refractivity contribution in [3.8, 4) is 5.75 Å². The average molecular weight is 372 g/mol. The molecule has 2 aromatic rings.